The molecule has 0 aliphatic rings. The van der Waals surface area contributed by atoms with E-state index in [9.17, 15) is 4.79 Å². The summed E-state index contributed by atoms with van der Waals surface area (Å²) in [5.41, 5.74) is 12.9. The van der Waals surface area contributed by atoms with Gasteiger partial charge in [0.25, 0.3) is 0 Å². The number of para-hydroxylation sites is 1. The molecule has 4 heteroatoms. The SMILES string of the molecule is Cc1cccc(SCC(C)C(N)=O)c1N. The number of nitrogens with two attached hydrogens (primary N) is 2. The van der Waals surface area contributed by atoms with Crippen molar-refractivity contribution in [1.82, 2.24) is 0 Å². The van der Waals surface area contributed by atoms with Crippen molar-refractivity contribution in [2.45, 2.75) is 18.7 Å². The molecule has 0 radical (unpaired) electrons. The Morgan fingerprint density at radius 2 is 2.20 bits per heavy atom. The van der Waals surface area contributed by atoms with Crippen molar-refractivity contribution < 1.29 is 4.79 Å². The summed E-state index contributed by atoms with van der Waals surface area (Å²) in [5, 5.41) is 0. The van der Waals surface area contributed by atoms with Crippen LogP contribution in [0.1, 0.15) is 12.5 Å². The van der Waals surface area contributed by atoms with Crippen LogP contribution in [0.15, 0.2) is 23.1 Å². The van der Waals surface area contributed by atoms with Gasteiger partial charge in [-0.05, 0) is 18.6 Å². The van der Waals surface area contributed by atoms with E-state index in [1.165, 1.54) is 0 Å². The Morgan fingerprint density at radius 1 is 1.53 bits per heavy atom. The van der Waals surface area contributed by atoms with Crippen LogP contribution in [0.4, 0.5) is 5.69 Å². The Morgan fingerprint density at radius 3 is 2.80 bits per heavy atom. The molecule has 0 saturated carbocycles. The minimum atomic E-state index is -0.270. The molecule has 0 aliphatic carbocycles. The number of primary amides is 1. The summed E-state index contributed by atoms with van der Waals surface area (Å²) in [6.45, 7) is 3.79. The molecule has 15 heavy (non-hydrogen) atoms. The number of carbonyl (C=O) groups is 1. The van der Waals surface area contributed by atoms with Gasteiger partial charge in [0.2, 0.25) is 5.91 Å². The van der Waals surface area contributed by atoms with Crippen LogP contribution in [-0.4, -0.2) is 11.7 Å². The monoisotopic (exact) mass is 224 g/mol. The third-order valence-corrected chi connectivity index (χ3v) is 3.59. The van der Waals surface area contributed by atoms with Crippen LogP contribution in [0.2, 0.25) is 0 Å². The Kier molecular flexibility index (Phi) is 4.03. The van der Waals surface area contributed by atoms with Gasteiger partial charge in [-0.2, -0.15) is 0 Å². The molecule has 1 rings (SSSR count). The second-order valence-corrected chi connectivity index (χ2v) is 4.66. The first-order chi connectivity index (χ1) is 7.02. The summed E-state index contributed by atoms with van der Waals surface area (Å²) in [7, 11) is 0. The molecular formula is C11H16N2OS. The highest BCUT2D eigenvalue weighted by atomic mass is 32.2. The standard InChI is InChI=1S/C11H16N2OS/c1-7-4-3-5-9(10(7)12)15-6-8(2)11(13)14/h3-5,8H,6,12H2,1-2H3,(H2,13,14). The van der Waals surface area contributed by atoms with Gasteiger partial charge in [0, 0.05) is 22.3 Å². The highest BCUT2D eigenvalue weighted by molar-refractivity contribution is 7.99. The molecule has 0 aliphatic heterocycles. The molecule has 0 bridgehead atoms. The maximum absolute atomic E-state index is 10.9. The Hall–Kier alpha value is -1.16. The van der Waals surface area contributed by atoms with E-state index in [4.69, 9.17) is 11.5 Å². The fourth-order valence-corrected chi connectivity index (χ4v) is 2.16. The zero-order valence-corrected chi connectivity index (χ0v) is 9.80. The van der Waals surface area contributed by atoms with Gasteiger partial charge >= 0.3 is 0 Å². The molecule has 0 heterocycles. The van der Waals surface area contributed by atoms with E-state index in [1.54, 1.807) is 11.8 Å². The number of hydrogen-bond donors (Lipinski definition) is 2. The molecule has 1 amide bonds. The van der Waals surface area contributed by atoms with Crippen LogP contribution < -0.4 is 11.5 Å². The second kappa shape index (κ2) is 5.07. The van der Waals surface area contributed by atoms with Crippen LogP contribution >= 0.6 is 11.8 Å². The first-order valence-corrected chi connectivity index (χ1v) is 5.78. The van der Waals surface area contributed by atoms with Crippen molar-refractivity contribution in [3.8, 4) is 0 Å². The number of thioether (sulfide) groups is 1. The molecule has 0 spiro atoms. The molecule has 0 aromatic heterocycles. The van der Waals surface area contributed by atoms with Gasteiger partial charge in [-0.3, -0.25) is 4.79 Å². The largest absolute Gasteiger partial charge is 0.398 e. The normalized spacial score (nSPS) is 12.4. The maximum atomic E-state index is 10.9. The third-order valence-electron chi connectivity index (χ3n) is 2.26. The Bertz CT molecular complexity index is 366. The lowest BCUT2D eigenvalue weighted by molar-refractivity contribution is -0.120. The van der Waals surface area contributed by atoms with Crippen LogP contribution in [0.25, 0.3) is 0 Å². The molecule has 0 saturated heterocycles. The zero-order chi connectivity index (χ0) is 11.4. The highest BCUT2D eigenvalue weighted by Crippen LogP contribution is 2.28. The predicted molar refractivity (Wildman–Crippen MR) is 64.7 cm³/mol. The number of hydrogen-bond acceptors (Lipinski definition) is 3. The van der Waals surface area contributed by atoms with Crippen molar-refractivity contribution in [3.05, 3.63) is 23.8 Å². The molecule has 4 N–H and O–H groups in total. The van der Waals surface area contributed by atoms with Crippen molar-refractivity contribution in [3.63, 3.8) is 0 Å². The lowest BCUT2D eigenvalue weighted by atomic mass is 10.2. The molecule has 1 unspecified atom stereocenters. The van der Waals surface area contributed by atoms with Gasteiger partial charge < -0.3 is 11.5 Å². The number of amides is 1. The molecule has 3 nitrogen and oxygen atoms in total. The molecule has 0 fully saturated rings. The van der Waals surface area contributed by atoms with Gasteiger partial charge in [0.15, 0.2) is 0 Å². The van der Waals surface area contributed by atoms with Gasteiger partial charge in [0.1, 0.15) is 0 Å². The smallest absolute Gasteiger partial charge is 0.221 e. The lowest BCUT2D eigenvalue weighted by Gasteiger charge is -2.10. The lowest BCUT2D eigenvalue weighted by Crippen LogP contribution is -2.22. The van der Waals surface area contributed by atoms with E-state index in [0.29, 0.717) is 5.75 Å². The number of nitrogen functional groups attached to an aromatic ring is 1. The van der Waals surface area contributed by atoms with Crippen molar-refractivity contribution in [1.29, 1.82) is 0 Å². The molecular weight excluding hydrogens is 208 g/mol. The van der Waals surface area contributed by atoms with Crippen molar-refractivity contribution >= 4 is 23.4 Å². The van der Waals surface area contributed by atoms with Crippen molar-refractivity contribution in [2.75, 3.05) is 11.5 Å². The summed E-state index contributed by atoms with van der Waals surface area (Å²) >= 11 is 1.57. The summed E-state index contributed by atoms with van der Waals surface area (Å²) < 4.78 is 0. The van der Waals surface area contributed by atoms with Crippen LogP contribution in [0.3, 0.4) is 0 Å². The zero-order valence-electron chi connectivity index (χ0n) is 8.99. The van der Waals surface area contributed by atoms with Gasteiger partial charge in [-0.15, -0.1) is 11.8 Å². The quantitative estimate of drug-likeness (QED) is 0.605. The molecule has 1 aromatic rings. The molecule has 1 aromatic carbocycles. The number of rotatable bonds is 4. The van der Waals surface area contributed by atoms with Crippen LogP contribution in [-0.2, 0) is 4.79 Å². The minimum absolute atomic E-state index is 0.130. The summed E-state index contributed by atoms with van der Waals surface area (Å²) in [5.74, 6) is 0.270. The van der Waals surface area contributed by atoms with Crippen molar-refractivity contribution in [2.24, 2.45) is 11.7 Å². The first kappa shape index (κ1) is 11.9. The van der Waals surface area contributed by atoms with E-state index in [2.05, 4.69) is 0 Å². The number of anilines is 1. The highest BCUT2D eigenvalue weighted by Gasteiger charge is 2.10. The van der Waals surface area contributed by atoms with E-state index >= 15 is 0 Å². The topological polar surface area (TPSA) is 69.1 Å². The first-order valence-electron chi connectivity index (χ1n) is 4.79. The minimum Gasteiger partial charge on any atom is -0.398 e. The average Bonchev–Trinajstić information content (AvgIpc) is 2.19. The summed E-state index contributed by atoms with van der Waals surface area (Å²) in [6.07, 6.45) is 0. The average molecular weight is 224 g/mol. The number of carbonyl (C=O) groups excluding carboxylic acids is 1. The van der Waals surface area contributed by atoms with Gasteiger partial charge in [-0.25, -0.2) is 0 Å². The van der Waals surface area contributed by atoms with E-state index in [0.717, 1.165) is 16.1 Å². The molecule has 1 atom stereocenters. The van der Waals surface area contributed by atoms with E-state index < -0.39 is 0 Å². The summed E-state index contributed by atoms with van der Waals surface area (Å²) in [6, 6.07) is 5.89. The van der Waals surface area contributed by atoms with Gasteiger partial charge in [-0.1, -0.05) is 19.1 Å². The third kappa shape index (κ3) is 3.16. The number of aryl methyl sites for hydroxylation is 1. The van der Waals surface area contributed by atoms with Gasteiger partial charge in [0.05, 0.1) is 0 Å². The number of benzene rings is 1. The van der Waals surface area contributed by atoms with E-state index in [1.807, 2.05) is 32.0 Å². The van der Waals surface area contributed by atoms with E-state index in [-0.39, 0.29) is 11.8 Å². The molecule has 82 valence electrons. The maximum Gasteiger partial charge on any atom is 0.221 e. The summed E-state index contributed by atoms with van der Waals surface area (Å²) in [4.78, 5) is 11.9. The predicted octanol–water partition coefficient (Wildman–Crippen LogP) is 1.79. The fourth-order valence-electron chi connectivity index (χ4n) is 1.08. The Labute approximate surface area is 94.2 Å². The second-order valence-electron chi connectivity index (χ2n) is 3.60. The van der Waals surface area contributed by atoms with Crippen LogP contribution in [0, 0.1) is 12.8 Å². The van der Waals surface area contributed by atoms with Crippen LogP contribution in [0.5, 0.6) is 0 Å². The fraction of sp³-hybridized carbons (Fsp3) is 0.364. The Balaban J connectivity index is 2.66.